The minimum absolute atomic E-state index is 0.138. The van der Waals surface area contributed by atoms with Gasteiger partial charge in [0, 0.05) is 6.54 Å². The second kappa shape index (κ2) is 12.5. The van der Waals surface area contributed by atoms with Crippen molar-refractivity contribution in [3.8, 4) is 0 Å². The van der Waals surface area contributed by atoms with Gasteiger partial charge in [0.15, 0.2) is 5.58 Å². The summed E-state index contributed by atoms with van der Waals surface area (Å²) in [5, 5.41) is 2.88. The first-order chi connectivity index (χ1) is 19.1. The van der Waals surface area contributed by atoms with Gasteiger partial charge in [-0.25, -0.2) is 9.97 Å². The SMILES string of the molecule is O=C(N[C@@H](CC1CCCCC1)C(=O)N(CCCc1ccccc1)C(=O)c1nc2ccccc2o1)c1cnc[nH]1. The van der Waals surface area contributed by atoms with Gasteiger partial charge < -0.3 is 14.7 Å². The Morgan fingerprint density at radius 2 is 1.79 bits per heavy atom. The van der Waals surface area contributed by atoms with Crippen LogP contribution in [0, 0.1) is 5.92 Å². The number of hydrogen-bond acceptors (Lipinski definition) is 6. The van der Waals surface area contributed by atoms with Crippen LogP contribution in [0.1, 0.15) is 71.7 Å². The zero-order valence-electron chi connectivity index (χ0n) is 21.8. The molecule has 1 aliphatic carbocycles. The van der Waals surface area contributed by atoms with Gasteiger partial charge in [0.25, 0.3) is 17.7 Å². The number of amides is 3. The summed E-state index contributed by atoms with van der Waals surface area (Å²) in [7, 11) is 0. The molecule has 2 aromatic heterocycles. The van der Waals surface area contributed by atoms with Crippen molar-refractivity contribution in [3.05, 3.63) is 84.3 Å². The second-order valence-electron chi connectivity index (χ2n) is 10.1. The third-order valence-corrected chi connectivity index (χ3v) is 7.32. The van der Waals surface area contributed by atoms with E-state index < -0.39 is 23.8 Å². The highest BCUT2D eigenvalue weighted by atomic mass is 16.4. The third kappa shape index (κ3) is 6.60. The lowest BCUT2D eigenvalue weighted by atomic mass is 9.84. The molecule has 3 amide bonds. The first-order valence-electron chi connectivity index (χ1n) is 13.6. The predicted octanol–water partition coefficient (Wildman–Crippen LogP) is 4.92. The molecular formula is C30H33N5O4. The number of para-hydroxylation sites is 2. The maximum atomic E-state index is 14.1. The fraction of sp³-hybridized carbons (Fsp3) is 0.367. The number of benzene rings is 2. The molecule has 0 spiro atoms. The van der Waals surface area contributed by atoms with E-state index in [9.17, 15) is 14.4 Å². The Labute approximate surface area is 227 Å². The fourth-order valence-corrected chi connectivity index (χ4v) is 5.26. The minimum Gasteiger partial charge on any atom is -0.432 e. The lowest BCUT2D eigenvalue weighted by Gasteiger charge is -2.29. The van der Waals surface area contributed by atoms with Crippen molar-refractivity contribution < 1.29 is 18.8 Å². The Bertz CT molecular complexity index is 1360. The molecule has 0 unspecified atom stereocenters. The van der Waals surface area contributed by atoms with E-state index in [4.69, 9.17) is 4.42 Å². The molecule has 1 aliphatic rings. The summed E-state index contributed by atoms with van der Waals surface area (Å²) in [5.74, 6) is -1.33. The number of oxazole rings is 1. The number of hydrogen-bond donors (Lipinski definition) is 2. The summed E-state index contributed by atoms with van der Waals surface area (Å²) in [6.07, 6.45) is 9.93. The number of H-pyrrole nitrogens is 1. The van der Waals surface area contributed by atoms with Crippen molar-refractivity contribution in [1.82, 2.24) is 25.2 Å². The van der Waals surface area contributed by atoms with E-state index in [0.717, 1.165) is 31.2 Å². The third-order valence-electron chi connectivity index (χ3n) is 7.32. The molecule has 9 heteroatoms. The Balaban J connectivity index is 1.40. The largest absolute Gasteiger partial charge is 0.432 e. The zero-order chi connectivity index (χ0) is 27.0. The van der Waals surface area contributed by atoms with E-state index in [1.165, 1.54) is 23.8 Å². The van der Waals surface area contributed by atoms with Crippen LogP contribution in [-0.4, -0.2) is 50.2 Å². The van der Waals surface area contributed by atoms with Crippen LogP contribution >= 0.6 is 0 Å². The van der Waals surface area contributed by atoms with Gasteiger partial charge in [-0.3, -0.25) is 19.3 Å². The number of carbonyl (C=O) groups excluding carboxylic acids is 3. The Kier molecular flexibility index (Phi) is 8.45. The van der Waals surface area contributed by atoms with Crippen molar-refractivity contribution >= 4 is 28.8 Å². The van der Waals surface area contributed by atoms with Crippen LogP contribution in [0.2, 0.25) is 0 Å². The Morgan fingerprint density at radius 1 is 1.03 bits per heavy atom. The Morgan fingerprint density at radius 3 is 2.54 bits per heavy atom. The smallest absolute Gasteiger partial charge is 0.316 e. The summed E-state index contributed by atoms with van der Waals surface area (Å²) in [6, 6.07) is 16.2. The number of aryl methyl sites for hydroxylation is 1. The summed E-state index contributed by atoms with van der Waals surface area (Å²) < 4.78 is 5.74. The van der Waals surface area contributed by atoms with Crippen LogP contribution in [0.4, 0.5) is 0 Å². The first kappa shape index (κ1) is 26.3. The number of imidazole rings is 1. The molecular weight excluding hydrogens is 494 g/mol. The van der Waals surface area contributed by atoms with Gasteiger partial charge in [-0.2, -0.15) is 0 Å². The summed E-state index contributed by atoms with van der Waals surface area (Å²) >= 11 is 0. The van der Waals surface area contributed by atoms with Gasteiger partial charge in [-0.05, 0) is 42.9 Å². The molecule has 2 heterocycles. The van der Waals surface area contributed by atoms with Crippen LogP contribution in [0.3, 0.4) is 0 Å². The van der Waals surface area contributed by atoms with E-state index >= 15 is 0 Å². The molecule has 0 radical (unpaired) electrons. The summed E-state index contributed by atoms with van der Waals surface area (Å²) in [5.41, 5.74) is 2.40. The van der Waals surface area contributed by atoms with Crippen LogP contribution < -0.4 is 5.32 Å². The molecule has 0 aliphatic heterocycles. The normalized spacial score (nSPS) is 14.7. The number of carbonyl (C=O) groups is 3. The number of nitrogens with zero attached hydrogens (tertiary/aromatic N) is 3. The van der Waals surface area contributed by atoms with E-state index in [2.05, 4.69) is 20.3 Å². The molecule has 5 rings (SSSR count). The highest BCUT2D eigenvalue weighted by Crippen LogP contribution is 2.28. The van der Waals surface area contributed by atoms with E-state index in [-0.39, 0.29) is 18.1 Å². The number of aromatic amines is 1. The van der Waals surface area contributed by atoms with Crippen LogP contribution in [-0.2, 0) is 11.2 Å². The van der Waals surface area contributed by atoms with Crippen LogP contribution in [0.25, 0.3) is 11.1 Å². The van der Waals surface area contributed by atoms with Gasteiger partial charge >= 0.3 is 5.91 Å². The number of aromatic nitrogens is 3. The quantitative estimate of drug-likeness (QED) is 0.302. The number of nitrogens with one attached hydrogen (secondary N) is 2. The van der Waals surface area contributed by atoms with Gasteiger partial charge in [0.2, 0.25) is 0 Å². The molecule has 4 aromatic rings. The average Bonchev–Trinajstić information content (AvgIpc) is 3.66. The zero-order valence-corrected chi connectivity index (χ0v) is 21.8. The first-order valence-corrected chi connectivity index (χ1v) is 13.6. The molecule has 39 heavy (non-hydrogen) atoms. The molecule has 1 fully saturated rings. The topological polar surface area (TPSA) is 121 Å². The van der Waals surface area contributed by atoms with Gasteiger partial charge in [0.1, 0.15) is 17.3 Å². The molecule has 0 bridgehead atoms. The number of fused-ring (bicyclic) bond motifs is 1. The summed E-state index contributed by atoms with van der Waals surface area (Å²) in [6.45, 7) is 0.173. The monoisotopic (exact) mass is 527 g/mol. The van der Waals surface area contributed by atoms with Crippen LogP contribution in [0.5, 0.6) is 0 Å². The highest BCUT2D eigenvalue weighted by Gasteiger charge is 2.35. The van der Waals surface area contributed by atoms with Crippen molar-refractivity contribution in [2.24, 2.45) is 5.92 Å². The van der Waals surface area contributed by atoms with E-state index in [1.807, 2.05) is 36.4 Å². The molecule has 1 atom stereocenters. The average molecular weight is 528 g/mol. The highest BCUT2D eigenvalue weighted by molar-refractivity contribution is 6.06. The maximum absolute atomic E-state index is 14.1. The lowest BCUT2D eigenvalue weighted by molar-refractivity contribution is -0.131. The van der Waals surface area contributed by atoms with E-state index in [1.54, 1.807) is 18.2 Å². The number of rotatable bonds is 10. The number of imide groups is 1. The molecule has 202 valence electrons. The molecule has 0 saturated heterocycles. The van der Waals surface area contributed by atoms with Crippen molar-refractivity contribution in [3.63, 3.8) is 0 Å². The van der Waals surface area contributed by atoms with Gasteiger partial charge in [-0.1, -0.05) is 74.6 Å². The standard InChI is InChI=1S/C30H33N5O4/c36-27(25-19-31-20-32-25)33-24(18-22-12-5-2-6-13-22)29(37)35(17-9-14-21-10-3-1-4-11-21)30(38)28-34-23-15-7-8-16-26(23)39-28/h1,3-4,7-8,10-11,15-16,19-20,22,24H,2,5-6,9,12-14,17-18H2,(H,31,32)(H,33,36)/t24-/m0/s1. The van der Waals surface area contributed by atoms with Crippen molar-refractivity contribution in [2.45, 2.75) is 57.4 Å². The Hall–Kier alpha value is -4.27. The van der Waals surface area contributed by atoms with Crippen molar-refractivity contribution in [2.75, 3.05) is 6.54 Å². The summed E-state index contributed by atoms with van der Waals surface area (Å²) in [4.78, 5) is 53.0. The van der Waals surface area contributed by atoms with Gasteiger partial charge in [0.05, 0.1) is 12.5 Å². The molecule has 2 aromatic carbocycles. The van der Waals surface area contributed by atoms with Crippen LogP contribution in [0.15, 0.2) is 71.5 Å². The molecule has 9 nitrogen and oxygen atoms in total. The molecule has 2 N–H and O–H groups in total. The van der Waals surface area contributed by atoms with Crippen molar-refractivity contribution in [1.29, 1.82) is 0 Å². The fourth-order valence-electron chi connectivity index (χ4n) is 5.26. The predicted molar refractivity (Wildman–Crippen MR) is 146 cm³/mol. The maximum Gasteiger partial charge on any atom is 0.316 e. The molecule has 1 saturated carbocycles. The lowest BCUT2D eigenvalue weighted by Crippen LogP contribution is -2.51. The second-order valence-corrected chi connectivity index (χ2v) is 10.1. The minimum atomic E-state index is -0.867. The van der Waals surface area contributed by atoms with E-state index in [0.29, 0.717) is 36.3 Å². The van der Waals surface area contributed by atoms with Gasteiger partial charge in [-0.15, -0.1) is 0 Å².